The summed E-state index contributed by atoms with van der Waals surface area (Å²) in [4.78, 5) is 4.33. The Bertz CT molecular complexity index is 1590. The molecule has 0 saturated carbocycles. The lowest BCUT2D eigenvalue weighted by Gasteiger charge is -2.32. The molecule has 0 unspecified atom stereocenters. The summed E-state index contributed by atoms with van der Waals surface area (Å²) in [6.07, 6.45) is 1.34. The van der Waals surface area contributed by atoms with E-state index in [2.05, 4.69) is 9.36 Å². The van der Waals surface area contributed by atoms with Crippen LogP contribution in [0.4, 0.5) is 5.13 Å². The van der Waals surface area contributed by atoms with Gasteiger partial charge >= 0.3 is 7.12 Å². The maximum atomic E-state index is 14.1. The normalized spacial score (nSPS) is 16.4. The maximum Gasteiger partial charge on any atom is 0.495 e. The number of sulfonamides is 1. The Balaban J connectivity index is 1.54. The average molecular weight is 567 g/mol. The van der Waals surface area contributed by atoms with Crippen molar-refractivity contribution in [2.45, 2.75) is 50.3 Å². The van der Waals surface area contributed by atoms with Crippen molar-refractivity contribution >= 4 is 50.0 Å². The van der Waals surface area contributed by atoms with Crippen molar-refractivity contribution in [1.29, 1.82) is 0 Å². The highest BCUT2D eigenvalue weighted by atomic mass is 32.2. The predicted molar refractivity (Wildman–Crippen MR) is 152 cm³/mol. The van der Waals surface area contributed by atoms with Gasteiger partial charge in [-0.3, -0.25) is 0 Å². The Morgan fingerprint density at radius 1 is 0.974 bits per heavy atom. The smallest absolute Gasteiger partial charge is 0.495 e. The first kappa shape index (κ1) is 27.4. The summed E-state index contributed by atoms with van der Waals surface area (Å²) in [5, 5.41) is 1.86. The fourth-order valence-corrected chi connectivity index (χ4v) is 6.58. The minimum absolute atomic E-state index is 0.00328. The van der Waals surface area contributed by atoms with Crippen LogP contribution < -0.4 is 19.2 Å². The second kappa shape index (κ2) is 10.1. The number of methoxy groups -OCH3 is 2. The molecular weight excluding hydrogens is 537 g/mol. The lowest BCUT2D eigenvalue weighted by atomic mass is 9.76. The molecule has 5 rings (SSSR count). The van der Waals surface area contributed by atoms with Crippen LogP contribution in [0.25, 0.3) is 10.8 Å². The first-order chi connectivity index (χ1) is 18.5. The zero-order valence-electron chi connectivity index (χ0n) is 22.7. The molecule has 0 atom stereocenters. The number of nitrogens with zero attached hydrogens (tertiary/aromatic N) is 3. The number of hydrogen-bond donors (Lipinski definition) is 0. The van der Waals surface area contributed by atoms with Crippen LogP contribution in [0.5, 0.6) is 11.5 Å². The second-order valence-electron chi connectivity index (χ2n) is 10.2. The Labute approximate surface area is 233 Å². The molecule has 1 aliphatic rings. The summed E-state index contributed by atoms with van der Waals surface area (Å²) in [5.41, 5.74) is 0.516. The molecule has 2 heterocycles. The van der Waals surface area contributed by atoms with Crippen molar-refractivity contribution in [3.8, 4) is 11.5 Å². The van der Waals surface area contributed by atoms with E-state index in [1.165, 1.54) is 17.7 Å². The van der Waals surface area contributed by atoms with Gasteiger partial charge in [-0.15, -0.1) is 0 Å². The van der Waals surface area contributed by atoms with E-state index in [-0.39, 0.29) is 16.6 Å². The Kier molecular flexibility index (Phi) is 7.08. The first-order valence-corrected chi connectivity index (χ1v) is 14.6. The standard InChI is InChI=1S/C27H30BN3O6S2/c1-26(2)27(3,4)37-28(36-26)23-9-7-8-18-14-21(12-13-22(18)23)39(32,33)31(25-29-17-30-38-25)16-19-10-11-20(34-5)15-24(19)35-6/h7-15,17H,16H2,1-6H3. The first-order valence-electron chi connectivity index (χ1n) is 12.4. The molecule has 0 spiro atoms. The van der Waals surface area contributed by atoms with Gasteiger partial charge in [-0.25, -0.2) is 17.7 Å². The van der Waals surface area contributed by atoms with Crippen molar-refractivity contribution < 1.29 is 27.2 Å². The van der Waals surface area contributed by atoms with E-state index >= 15 is 0 Å². The van der Waals surface area contributed by atoms with Crippen molar-refractivity contribution in [3.63, 3.8) is 0 Å². The number of ether oxygens (including phenoxy) is 2. The summed E-state index contributed by atoms with van der Waals surface area (Å²) in [5.74, 6) is 1.11. The minimum Gasteiger partial charge on any atom is -0.497 e. The van der Waals surface area contributed by atoms with Gasteiger partial charge in [-0.2, -0.15) is 4.37 Å². The third kappa shape index (κ3) is 4.97. The van der Waals surface area contributed by atoms with Crippen LogP contribution in [0.3, 0.4) is 0 Å². The molecule has 1 fully saturated rings. The van der Waals surface area contributed by atoms with Crippen LogP contribution in [0.1, 0.15) is 33.3 Å². The topological polar surface area (TPSA) is 100 Å². The maximum absolute atomic E-state index is 14.1. The average Bonchev–Trinajstić information content (AvgIpc) is 3.51. The Hall–Kier alpha value is -3.19. The fraction of sp³-hybridized carbons (Fsp3) is 0.333. The van der Waals surface area contributed by atoms with Gasteiger partial charge in [-0.1, -0.05) is 24.3 Å². The molecule has 1 saturated heterocycles. The van der Waals surface area contributed by atoms with E-state index in [0.717, 1.165) is 27.8 Å². The van der Waals surface area contributed by atoms with Gasteiger partial charge in [0.15, 0.2) is 0 Å². The molecule has 3 aromatic carbocycles. The molecule has 204 valence electrons. The molecule has 0 N–H and O–H groups in total. The van der Waals surface area contributed by atoms with E-state index in [1.807, 2.05) is 45.9 Å². The van der Waals surface area contributed by atoms with Gasteiger partial charge < -0.3 is 18.8 Å². The largest absolute Gasteiger partial charge is 0.497 e. The molecule has 0 amide bonds. The zero-order valence-corrected chi connectivity index (χ0v) is 24.3. The quantitative estimate of drug-likeness (QED) is 0.289. The van der Waals surface area contributed by atoms with Gasteiger partial charge in [0.25, 0.3) is 10.0 Å². The molecule has 0 radical (unpaired) electrons. The number of fused-ring (bicyclic) bond motifs is 1. The third-order valence-corrected chi connectivity index (χ3v) is 9.89. The monoisotopic (exact) mass is 567 g/mol. The van der Waals surface area contributed by atoms with Gasteiger partial charge in [0.05, 0.1) is 36.9 Å². The third-order valence-electron chi connectivity index (χ3n) is 7.35. The molecule has 4 aromatic rings. The molecular formula is C27H30BN3O6S2. The summed E-state index contributed by atoms with van der Waals surface area (Å²) in [6, 6.07) is 16.0. The second-order valence-corrected chi connectivity index (χ2v) is 12.9. The molecule has 0 aliphatic carbocycles. The van der Waals surface area contributed by atoms with Gasteiger partial charge in [0.2, 0.25) is 5.13 Å². The minimum atomic E-state index is -4.03. The number of anilines is 1. The van der Waals surface area contributed by atoms with E-state index in [4.69, 9.17) is 18.8 Å². The molecule has 0 bridgehead atoms. The van der Waals surface area contributed by atoms with Crippen LogP contribution in [0, 0.1) is 0 Å². The van der Waals surface area contributed by atoms with E-state index < -0.39 is 28.3 Å². The molecule has 1 aromatic heterocycles. The van der Waals surface area contributed by atoms with Crippen molar-refractivity contribution in [2.75, 3.05) is 18.5 Å². The fourth-order valence-electron chi connectivity index (χ4n) is 4.42. The number of hydrogen-bond acceptors (Lipinski definition) is 9. The molecule has 39 heavy (non-hydrogen) atoms. The molecule has 9 nitrogen and oxygen atoms in total. The van der Waals surface area contributed by atoms with Crippen LogP contribution >= 0.6 is 11.5 Å². The van der Waals surface area contributed by atoms with Crippen molar-refractivity contribution in [2.24, 2.45) is 0 Å². The lowest BCUT2D eigenvalue weighted by Crippen LogP contribution is -2.41. The van der Waals surface area contributed by atoms with Gasteiger partial charge in [0, 0.05) is 23.2 Å². The van der Waals surface area contributed by atoms with E-state index in [9.17, 15) is 8.42 Å². The summed E-state index contributed by atoms with van der Waals surface area (Å²) in [6.45, 7) is 8.01. The zero-order chi connectivity index (χ0) is 28.0. The highest BCUT2D eigenvalue weighted by Gasteiger charge is 2.52. The lowest BCUT2D eigenvalue weighted by molar-refractivity contribution is 0.00578. The SMILES string of the molecule is COc1ccc(CN(c2ncns2)S(=O)(=O)c2ccc3c(B4OC(C)(C)C(C)(C)O4)cccc3c2)c(OC)c1. The highest BCUT2D eigenvalue weighted by Crippen LogP contribution is 2.37. The summed E-state index contributed by atoms with van der Waals surface area (Å²) < 4.78 is 56.7. The van der Waals surface area contributed by atoms with Crippen LogP contribution in [0.15, 0.2) is 65.8 Å². The van der Waals surface area contributed by atoms with E-state index in [1.54, 1.807) is 43.5 Å². The van der Waals surface area contributed by atoms with E-state index in [0.29, 0.717) is 17.1 Å². The number of aromatic nitrogens is 2. The number of benzene rings is 3. The Morgan fingerprint density at radius 3 is 2.36 bits per heavy atom. The molecule has 1 aliphatic heterocycles. The van der Waals surface area contributed by atoms with Crippen molar-refractivity contribution in [3.05, 3.63) is 66.5 Å². The van der Waals surface area contributed by atoms with Crippen LogP contribution in [-0.2, 0) is 25.9 Å². The highest BCUT2D eigenvalue weighted by molar-refractivity contribution is 7.93. The predicted octanol–water partition coefficient (Wildman–Crippen LogP) is 4.40. The van der Waals surface area contributed by atoms with Gasteiger partial charge in [-0.05, 0) is 68.2 Å². The Morgan fingerprint density at radius 2 is 1.72 bits per heavy atom. The van der Waals surface area contributed by atoms with Gasteiger partial charge in [0.1, 0.15) is 17.8 Å². The van der Waals surface area contributed by atoms with Crippen LogP contribution in [0.2, 0.25) is 0 Å². The molecule has 12 heteroatoms. The van der Waals surface area contributed by atoms with Crippen molar-refractivity contribution in [1.82, 2.24) is 9.36 Å². The number of rotatable bonds is 8. The summed E-state index contributed by atoms with van der Waals surface area (Å²) in [7, 11) is -1.51. The summed E-state index contributed by atoms with van der Waals surface area (Å²) >= 11 is 1.00. The van der Waals surface area contributed by atoms with Crippen LogP contribution in [-0.4, -0.2) is 50.3 Å².